The molecule has 1 aliphatic rings. The fourth-order valence-corrected chi connectivity index (χ4v) is 4.26. The number of halogens is 1. The Balaban J connectivity index is 1.40. The zero-order valence-corrected chi connectivity index (χ0v) is 20.2. The number of carbonyl (C=O) groups excluding carboxylic acids is 1. The fraction of sp³-hybridized carbons (Fsp3) is 0.308. The lowest BCUT2D eigenvalue weighted by atomic mass is 9.97. The van der Waals surface area contributed by atoms with E-state index < -0.39 is 0 Å². The highest BCUT2D eigenvalue weighted by molar-refractivity contribution is 6.33. The van der Waals surface area contributed by atoms with Crippen LogP contribution in [-0.4, -0.2) is 50.2 Å². The lowest BCUT2D eigenvalue weighted by Gasteiger charge is -2.28. The average molecular weight is 483 g/mol. The number of carbonyl (C=O) groups is 1. The molecule has 0 saturated carbocycles. The van der Waals surface area contributed by atoms with Crippen LogP contribution >= 0.6 is 11.6 Å². The molecule has 1 aliphatic heterocycles. The molecule has 4 rings (SSSR count). The quantitative estimate of drug-likeness (QED) is 0.435. The van der Waals surface area contributed by atoms with E-state index in [-0.39, 0.29) is 5.91 Å². The molecule has 178 valence electrons. The highest BCUT2D eigenvalue weighted by Crippen LogP contribution is 2.41. The van der Waals surface area contributed by atoms with Gasteiger partial charge in [0.25, 0.3) is 0 Å². The minimum Gasteiger partial charge on any atom is -0.496 e. The number of benzene rings is 2. The molecule has 0 aliphatic carbocycles. The number of hydrogen-bond donors (Lipinski definition) is 0. The molecule has 0 unspecified atom stereocenters. The number of hydrogen-bond acceptors (Lipinski definition) is 6. The van der Waals surface area contributed by atoms with Gasteiger partial charge in [-0.1, -0.05) is 29.8 Å². The fourth-order valence-electron chi connectivity index (χ4n) is 4.03. The Kier molecular flexibility index (Phi) is 7.43. The Morgan fingerprint density at radius 2 is 1.85 bits per heavy atom. The first-order valence-corrected chi connectivity index (χ1v) is 11.4. The van der Waals surface area contributed by atoms with Gasteiger partial charge in [0.1, 0.15) is 17.2 Å². The van der Waals surface area contributed by atoms with Crippen LogP contribution in [0.1, 0.15) is 24.3 Å². The minimum absolute atomic E-state index is 0.0569. The topological polar surface area (TPSA) is 74.0 Å². The summed E-state index contributed by atoms with van der Waals surface area (Å²) >= 11 is 6.23. The van der Waals surface area contributed by atoms with E-state index in [0.717, 1.165) is 16.7 Å². The number of methoxy groups -OCH3 is 3. The van der Waals surface area contributed by atoms with Gasteiger partial charge in [-0.15, -0.1) is 0 Å². The molecule has 0 fully saturated rings. The van der Waals surface area contributed by atoms with Gasteiger partial charge in [-0.05, 0) is 24.1 Å². The molecule has 34 heavy (non-hydrogen) atoms. The Morgan fingerprint density at radius 1 is 1.12 bits per heavy atom. The first-order chi connectivity index (χ1) is 16.5. The summed E-state index contributed by atoms with van der Waals surface area (Å²) in [7, 11) is 4.85. The number of oxazole rings is 1. The van der Waals surface area contributed by atoms with Crippen LogP contribution in [0.2, 0.25) is 5.02 Å². The van der Waals surface area contributed by atoms with Crippen LogP contribution in [-0.2, 0) is 11.2 Å². The van der Waals surface area contributed by atoms with E-state index in [0.29, 0.717) is 66.3 Å². The Morgan fingerprint density at radius 3 is 2.47 bits per heavy atom. The maximum absolute atomic E-state index is 12.8. The molecule has 0 spiro atoms. The Hall–Kier alpha value is -3.45. The molecule has 0 N–H and O–H groups in total. The van der Waals surface area contributed by atoms with Crippen LogP contribution in [0, 0.1) is 0 Å². The highest BCUT2D eigenvalue weighted by Gasteiger charge is 2.23. The van der Waals surface area contributed by atoms with Crippen molar-refractivity contribution in [1.29, 1.82) is 0 Å². The summed E-state index contributed by atoms with van der Waals surface area (Å²) < 4.78 is 22.3. The molecule has 2 aromatic carbocycles. The molecular formula is C26H27ClN2O5. The van der Waals surface area contributed by atoms with Gasteiger partial charge in [0.05, 0.1) is 38.1 Å². The van der Waals surface area contributed by atoms with Crippen molar-refractivity contribution in [2.45, 2.75) is 19.3 Å². The number of rotatable bonds is 8. The van der Waals surface area contributed by atoms with E-state index >= 15 is 0 Å². The number of aromatic nitrogens is 1. The van der Waals surface area contributed by atoms with Crippen LogP contribution in [0.4, 0.5) is 0 Å². The predicted molar refractivity (Wildman–Crippen MR) is 131 cm³/mol. The molecule has 0 atom stereocenters. The van der Waals surface area contributed by atoms with Gasteiger partial charge in [-0.3, -0.25) is 4.79 Å². The van der Waals surface area contributed by atoms with Gasteiger partial charge in [-0.25, -0.2) is 4.98 Å². The van der Waals surface area contributed by atoms with E-state index in [2.05, 4.69) is 11.1 Å². The molecule has 1 aromatic heterocycles. The lowest BCUT2D eigenvalue weighted by molar-refractivity contribution is -0.130. The SMILES string of the molecule is COc1cc(OC)c(C2=CCN(C(=O)CCc3ncc(-c4ccccc4Cl)o3)CC2)c(OC)c1. The predicted octanol–water partition coefficient (Wildman–Crippen LogP) is 5.27. The lowest BCUT2D eigenvalue weighted by Crippen LogP contribution is -2.34. The molecular weight excluding hydrogens is 456 g/mol. The first kappa shape index (κ1) is 23.7. The second-order valence-electron chi connectivity index (χ2n) is 7.82. The van der Waals surface area contributed by atoms with E-state index in [1.54, 1.807) is 33.6 Å². The Bertz CT molecular complexity index is 1180. The van der Waals surface area contributed by atoms with E-state index in [1.165, 1.54) is 0 Å². The summed E-state index contributed by atoms with van der Waals surface area (Å²) in [5.41, 5.74) is 2.76. The summed E-state index contributed by atoms with van der Waals surface area (Å²) in [5, 5.41) is 0.599. The zero-order chi connectivity index (χ0) is 24.1. The number of ether oxygens (including phenoxy) is 3. The van der Waals surface area contributed by atoms with Crippen LogP contribution in [0.5, 0.6) is 17.2 Å². The molecule has 2 heterocycles. The number of aryl methyl sites for hydroxylation is 1. The van der Waals surface area contributed by atoms with Crippen LogP contribution in [0.3, 0.4) is 0 Å². The molecule has 7 nitrogen and oxygen atoms in total. The third kappa shape index (κ3) is 5.04. The van der Waals surface area contributed by atoms with Crippen LogP contribution in [0.25, 0.3) is 16.9 Å². The van der Waals surface area contributed by atoms with Gasteiger partial charge in [0.15, 0.2) is 11.7 Å². The third-order valence-electron chi connectivity index (χ3n) is 5.84. The molecule has 3 aromatic rings. The van der Waals surface area contributed by atoms with Crippen LogP contribution in [0.15, 0.2) is 53.1 Å². The van der Waals surface area contributed by atoms with Crippen molar-refractivity contribution in [1.82, 2.24) is 9.88 Å². The van der Waals surface area contributed by atoms with Crippen molar-refractivity contribution in [2.24, 2.45) is 0 Å². The maximum Gasteiger partial charge on any atom is 0.223 e. The van der Waals surface area contributed by atoms with Gasteiger partial charge in [-0.2, -0.15) is 0 Å². The van der Waals surface area contributed by atoms with Crippen LogP contribution < -0.4 is 14.2 Å². The monoisotopic (exact) mass is 482 g/mol. The van der Waals surface area contributed by atoms with Crippen molar-refractivity contribution in [3.8, 4) is 28.6 Å². The maximum atomic E-state index is 12.8. The van der Waals surface area contributed by atoms with Crippen molar-refractivity contribution < 1.29 is 23.4 Å². The van der Waals surface area contributed by atoms with Gasteiger partial charge < -0.3 is 23.5 Å². The first-order valence-electron chi connectivity index (χ1n) is 11.0. The Labute approximate surface area is 203 Å². The standard InChI is InChI=1S/C26H27ClN2O5/c1-31-18-14-21(32-2)26(22(15-18)33-3)17-10-12-29(13-11-17)25(30)9-8-24-28-16-23(34-24)19-6-4-5-7-20(19)27/h4-7,10,14-16H,8-9,11-13H2,1-3H3. The largest absolute Gasteiger partial charge is 0.496 e. The van der Waals surface area contributed by atoms with Crippen molar-refractivity contribution in [3.63, 3.8) is 0 Å². The summed E-state index contributed by atoms with van der Waals surface area (Å²) in [6, 6.07) is 11.1. The van der Waals surface area contributed by atoms with E-state index in [9.17, 15) is 4.79 Å². The number of nitrogens with zero attached hydrogens (tertiary/aromatic N) is 2. The smallest absolute Gasteiger partial charge is 0.223 e. The molecule has 0 radical (unpaired) electrons. The van der Waals surface area contributed by atoms with Gasteiger partial charge >= 0.3 is 0 Å². The summed E-state index contributed by atoms with van der Waals surface area (Å²) in [5.74, 6) is 3.20. The summed E-state index contributed by atoms with van der Waals surface area (Å²) in [6.45, 7) is 1.13. The summed E-state index contributed by atoms with van der Waals surface area (Å²) in [6.07, 6.45) is 5.14. The van der Waals surface area contributed by atoms with Crippen molar-refractivity contribution in [3.05, 3.63) is 65.1 Å². The van der Waals surface area contributed by atoms with Crippen molar-refractivity contribution >= 4 is 23.1 Å². The number of amides is 1. The average Bonchev–Trinajstić information content (AvgIpc) is 3.35. The van der Waals surface area contributed by atoms with Gasteiger partial charge in [0.2, 0.25) is 5.91 Å². The van der Waals surface area contributed by atoms with E-state index in [1.807, 2.05) is 35.2 Å². The highest BCUT2D eigenvalue weighted by atomic mass is 35.5. The van der Waals surface area contributed by atoms with E-state index in [4.69, 9.17) is 30.2 Å². The molecule has 0 bridgehead atoms. The zero-order valence-electron chi connectivity index (χ0n) is 19.5. The normalized spacial score (nSPS) is 13.4. The molecule has 8 heteroatoms. The molecule has 1 amide bonds. The second kappa shape index (κ2) is 10.7. The second-order valence-corrected chi connectivity index (χ2v) is 8.23. The molecule has 0 saturated heterocycles. The van der Waals surface area contributed by atoms with Crippen molar-refractivity contribution in [2.75, 3.05) is 34.4 Å². The third-order valence-corrected chi connectivity index (χ3v) is 6.17. The summed E-state index contributed by atoms with van der Waals surface area (Å²) in [4.78, 5) is 19.0. The van der Waals surface area contributed by atoms with Gasteiger partial charge in [0, 0.05) is 43.6 Å². The minimum atomic E-state index is 0.0569.